The highest BCUT2D eigenvalue weighted by atomic mass is 16.5. The van der Waals surface area contributed by atoms with Gasteiger partial charge in [-0.25, -0.2) is 0 Å². The summed E-state index contributed by atoms with van der Waals surface area (Å²) in [5, 5.41) is 3.94. The van der Waals surface area contributed by atoms with Gasteiger partial charge in [0, 0.05) is 38.3 Å². The SMILES string of the molecule is CCOCCOC1CCOC2(CCN(C(=O)Cc3c(C)noc3C)CC2)C1. The van der Waals surface area contributed by atoms with Crippen molar-refractivity contribution in [1.82, 2.24) is 10.1 Å². The van der Waals surface area contributed by atoms with E-state index in [1.165, 1.54) is 0 Å². The molecule has 0 N–H and O–H groups in total. The number of ether oxygens (including phenoxy) is 3. The van der Waals surface area contributed by atoms with Gasteiger partial charge in [0.05, 0.1) is 37.0 Å². The summed E-state index contributed by atoms with van der Waals surface area (Å²) in [6.07, 6.45) is 4.16. The highest BCUT2D eigenvalue weighted by Crippen LogP contribution is 2.36. The predicted octanol–water partition coefficient (Wildman–Crippen LogP) is 2.43. The van der Waals surface area contributed by atoms with Gasteiger partial charge in [-0.3, -0.25) is 4.79 Å². The zero-order valence-electron chi connectivity index (χ0n) is 16.8. The van der Waals surface area contributed by atoms with Gasteiger partial charge < -0.3 is 23.6 Å². The highest BCUT2D eigenvalue weighted by Gasteiger charge is 2.41. The molecule has 1 aromatic heterocycles. The van der Waals surface area contributed by atoms with Gasteiger partial charge in [-0.15, -0.1) is 0 Å². The molecule has 2 aliphatic heterocycles. The van der Waals surface area contributed by atoms with E-state index in [0.717, 1.165) is 69.0 Å². The van der Waals surface area contributed by atoms with Crippen molar-refractivity contribution < 1.29 is 23.5 Å². The molecule has 3 rings (SSSR count). The van der Waals surface area contributed by atoms with E-state index in [4.69, 9.17) is 18.7 Å². The third-order valence-electron chi connectivity index (χ3n) is 5.77. The Kier molecular flexibility index (Phi) is 6.89. The van der Waals surface area contributed by atoms with Crippen molar-refractivity contribution in [2.75, 3.05) is 39.5 Å². The summed E-state index contributed by atoms with van der Waals surface area (Å²) in [6.45, 7) is 9.92. The van der Waals surface area contributed by atoms with E-state index in [0.29, 0.717) is 19.6 Å². The third-order valence-corrected chi connectivity index (χ3v) is 5.77. The fraction of sp³-hybridized carbons (Fsp3) is 0.800. The van der Waals surface area contributed by atoms with Crippen molar-refractivity contribution in [1.29, 1.82) is 0 Å². The molecule has 152 valence electrons. The Morgan fingerprint density at radius 1 is 1.30 bits per heavy atom. The third kappa shape index (κ3) is 5.09. The Balaban J connectivity index is 1.48. The van der Waals surface area contributed by atoms with Crippen LogP contribution in [0, 0.1) is 13.8 Å². The second-order valence-corrected chi connectivity index (χ2v) is 7.57. The van der Waals surface area contributed by atoms with Gasteiger partial charge in [0.25, 0.3) is 0 Å². The molecule has 0 aliphatic carbocycles. The van der Waals surface area contributed by atoms with E-state index < -0.39 is 0 Å². The minimum atomic E-state index is -0.145. The monoisotopic (exact) mass is 380 g/mol. The summed E-state index contributed by atoms with van der Waals surface area (Å²) < 4.78 is 22.7. The standard InChI is InChI=1S/C20H32N2O5/c1-4-24-11-12-25-17-5-10-26-20(14-17)6-8-22(9-7-20)19(23)13-18-15(2)21-27-16(18)3/h17H,4-14H2,1-3H3. The topological polar surface area (TPSA) is 74.0 Å². The molecule has 2 aliphatic rings. The van der Waals surface area contributed by atoms with Gasteiger partial charge in [-0.2, -0.15) is 0 Å². The van der Waals surface area contributed by atoms with Crippen LogP contribution in [0.25, 0.3) is 0 Å². The molecule has 1 amide bonds. The Bertz CT molecular complexity index is 602. The molecule has 0 saturated carbocycles. The number of hydrogen-bond acceptors (Lipinski definition) is 6. The first kappa shape index (κ1) is 20.3. The van der Waals surface area contributed by atoms with Crippen LogP contribution in [-0.4, -0.2) is 67.2 Å². The molecule has 7 heteroatoms. The number of amides is 1. The lowest BCUT2D eigenvalue weighted by atomic mass is 9.83. The van der Waals surface area contributed by atoms with E-state index in [-0.39, 0.29) is 17.6 Å². The molecule has 3 heterocycles. The minimum Gasteiger partial charge on any atom is -0.379 e. The second kappa shape index (κ2) is 9.17. The highest BCUT2D eigenvalue weighted by molar-refractivity contribution is 5.79. The normalized spacial score (nSPS) is 22.3. The van der Waals surface area contributed by atoms with E-state index in [2.05, 4.69) is 5.16 Å². The van der Waals surface area contributed by atoms with Crippen LogP contribution in [0.3, 0.4) is 0 Å². The van der Waals surface area contributed by atoms with Crippen molar-refractivity contribution in [3.8, 4) is 0 Å². The van der Waals surface area contributed by atoms with Gasteiger partial charge in [-0.05, 0) is 40.0 Å². The lowest BCUT2D eigenvalue weighted by Crippen LogP contribution is -2.52. The summed E-state index contributed by atoms with van der Waals surface area (Å²) in [7, 11) is 0. The number of hydrogen-bond donors (Lipinski definition) is 0. The van der Waals surface area contributed by atoms with E-state index in [1.54, 1.807) is 0 Å². The number of aryl methyl sites for hydroxylation is 2. The van der Waals surface area contributed by atoms with Crippen molar-refractivity contribution in [3.63, 3.8) is 0 Å². The zero-order valence-corrected chi connectivity index (χ0v) is 16.8. The summed E-state index contributed by atoms with van der Waals surface area (Å²) >= 11 is 0. The first-order chi connectivity index (χ1) is 13.0. The average molecular weight is 380 g/mol. The lowest BCUT2D eigenvalue weighted by molar-refractivity contribution is -0.163. The molecule has 27 heavy (non-hydrogen) atoms. The van der Waals surface area contributed by atoms with E-state index >= 15 is 0 Å². The molecule has 1 unspecified atom stereocenters. The largest absolute Gasteiger partial charge is 0.379 e. The minimum absolute atomic E-state index is 0.138. The van der Waals surface area contributed by atoms with Crippen molar-refractivity contribution in [2.24, 2.45) is 0 Å². The first-order valence-electron chi connectivity index (χ1n) is 10.1. The molecule has 0 aromatic carbocycles. The molecular formula is C20H32N2O5. The number of aromatic nitrogens is 1. The number of rotatable bonds is 7. The molecule has 0 radical (unpaired) electrons. The quantitative estimate of drug-likeness (QED) is 0.677. The molecular weight excluding hydrogens is 348 g/mol. The summed E-state index contributed by atoms with van der Waals surface area (Å²) in [4.78, 5) is 14.6. The van der Waals surface area contributed by atoms with Crippen LogP contribution in [0.1, 0.15) is 49.6 Å². The van der Waals surface area contributed by atoms with Crippen LogP contribution in [-0.2, 0) is 25.4 Å². The fourth-order valence-corrected chi connectivity index (χ4v) is 4.07. The molecule has 0 bridgehead atoms. The molecule has 7 nitrogen and oxygen atoms in total. The van der Waals surface area contributed by atoms with Crippen molar-refractivity contribution >= 4 is 5.91 Å². The smallest absolute Gasteiger partial charge is 0.227 e. The summed E-state index contributed by atoms with van der Waals surface area (Å²) in [5.41, 5.74) is 1.57. The Hall–Kier alpha value is -1.44. The maximum absolute atomic E-state index is 12.7. The van der Waals surface area contributed by atoms with E-state index in [1.807, 2.05) is 25.7 Å². The van der Waals surface area contributed by atoms with Gasteiger partial charge in [0.2, 0.25) is 5.91 Å². The van der Waals surface area contributed by atoms with Gasteiger partial charge >= 0.3 is 0 Å². The van der Waals surface area contributed by atoms with Gasteiger partial charge in [-0.1, -0.05) is 5.16 Å². The predicted molar refractivity (Wildman–Crippen MR) is 99.6 cm³/mol. The Labute approximate surface area is 161 Å². The van der Waals surface area contributed by atoms with E-state index in [9.17, 15) is 4.79 Å². The average Bonchev–Trinajstić information content (AvgIpc) is 2.98. The van der Waals surface area contributed by atoms with Gasteiger partial charge in [0.15, 0.2) is 0 Å². The maximum atomic E-state index is 12.7. The molecule has 2 saturated heterocycles. The van der Waals surface area contributed by atoms with Gasteiger partial charge in [0.1, 0.15) is 5.76 Å². The van der Waals surface area contributed by atoms with Crippen LogP contribution in [0.15, 0.2) is 4.52 Å². The number of piperidine rings is 1. The Morgan fingerprint density at radius 2 is 2.07 bits per heavy atom. The number of nitrogens with zero attached hydrogens (tertiary/aromatic N) is 2. The molecule has 1 atom stereocenters. The molecule has 1 aromatic rings. The Morgan fingerprint density at radius 3 is 2.74 bits per heavy atom. The zero-order chi connectivity index (χ0) is 19.3. The van der Waals surface area contributed by atoms with Crippen molar-refractivity contribution in [2.45, 2.75) is 64.6 Å². The second-order valence-electron chi connectivity index (χ2n) is 7.57. The molecule has 2 fully saturated rings. The lowest BCUT2D eigenvalue weighted by Gasteiger charge is -2.46. The fourth-order valence-electron chi connectivity index (χ4n) is 4.07. The number of likely N-dealkylation sites (tertiary alicyclic amines) is 1. The number of carbonyl (C=O) groups excluding carboxylic acids is 1. The maximum Gasteiger partial charge on any atom is 0.227 e. The summed E-state index contributed by atoms with van der Waals surface area (Å²) in [5.74, 6) is 0.872. The van der Waals surface area contributed by atoms with Crippen LogP contribution in [0.4, 0.5) is 0 Å². The summed E-state index contributed by atoms with van der Waals surface area (Å²) in [6, 6.07) is 0. The van der Waals surface area contributed by atoms with Crippen LogP contribution in [0.5, 0.6) is 0 Å². The number of carbonyl (C=O) groups is 1. The van der Waals surface area contributed by atoms with Crippen molar-refractivity contribution in [3.05, 3.63) is 17.0 Å². The first-order valence-corrected chi connectivity index (χ1v) is 10.1. The molecule has 1 spiro atoms. The van der Waals surface area contributed by atoms with Crippen LogP contribution < -0.4 is 0 Å². The van der Waals surface area contributed by atoms with Crippen LogP contribution >= 0.6 is 0 Å². The van der Waals surface area contributed by atoms with Crippen LogP contribution in [0.2, 0.25) is 0 Å².